The van der Waals surface area contributed by atoms with Gasteiger partial charge in [-0.05, 0) is 24.1 Å². The van der Waals surface area contributed by atoms with Crippen molar-refractivity contribution in [1.82, 2.24) is 5.01 Å². The number of hydrogen-bond acceptors (Lipinski definition) is 6. The summed E-state index contributed by atoms with van der Waals surface area (Å²) in [4.78, 5) is 50.7. The number of imide groups is 1. The van der Waals surface area contributed by atoms with Gasteiger partial charge in [-0.25, -0.2) is 14.7 Å². The number of rotatable bonds is 3. The zero-order valence-electron chi connectivity index (χ0n) is 14.8. The monoisotopic (exact) mass is 357 g/mol. The average molecular weight is 357 g/mol. The van der Waals surface area contributed by atoms with Crippen LogP contribution in [0.25, 0.3) is 0 Å². The summed E-state index contributed by atoms with van der Waals surface area (Å²) in [6.07, 6.45) is 0.457. The molecule has 3 rings (SSSR count). The smallest absolute Gasteiger partial charge is 0.354 e. The number of esters is 1. The molecular formula is C18H19N3O5. The second kappa shape index (κ2) is 6.36. The van der Waals surface area contributed by atoms with Crippen LogP contribution in [0.4, 0.5) is 5.69 Å². The predicted molar refractivity (Wildman–Crippen MR) is 92.2 cm³/mol. The lowest BCUT2D eigenvalue weighted by molar-refractivity contribution is -0.141. The number of ether oxygens (including phenoxy) is 1. The van der Waals surface area contributed by atoms with E-state index in [2.05, 4.69) is 9.84 Å². The lowest BCUT2D eigenvalue weighted by Gasteiger charge is -2.28. The summed E-state index contributed by atoms with van der Waals surface area (Å²) >= 11 is 0. The summed E-state index contributed by atoms with van der Waals surface area (Å²) in [6, 6.07) is 7.08. The quantitative estimate of drug-likeness (QED) is 0.595. The van der Waals surface area contributed by atoms with Crippen molar-refractivity contribution in [2.75, 3.05) is 12.0 Å². The fourth-order valence-electron chi connectivity index (χ4n) is 3.38. The van der Waals surface area contributed by atoms with Crippen LogP contribution in [0.3, 0.4) is 0 Å². The first-order valence-corrected chi connectivity index (χ1v) is 8.27. The molecule has 0 bridgehead atoms. The number of benzene rings is 1. The second-order valence-corrected chi connectivity index (χ2v) is 6.31. The Bertz CT molecular complexity index is 830. The van der Waals surface area contributed by atoms with Crippen molar-refractivity contribution in [3.8, 4) is 0 Å². The largest absolute Gasteiger partial charge is 0.464 e. The topological polar surface area (TPSA) is 96.3 Å². The summed E-state index contributed by atoms with van der Waals surface area (Å²) in [5.74, 6) is -2.25. The number of hydrazone groups is 1. The second-order valence-electron chi connectivity index (χ2n) is 6.31. The maximum Gasteiger partial charge on any atom is 0.354 e. The highest BCUT2D eigenvalue weighted by Gasteiger charge is 2.61. The summed E-state index contributed by atoms with van der Waals surface area (Å²) in [5, 5.41) is 4.90. The standard InChI is InChI=1S/C18H19N3O5/c1-4-12-5-7-13(8-6-12)20-15(23)10-18(17(20)25)9-14(16(24)26-3)19-21(18)11(2)22/h5-8H,4,9-10H2,1-3H3/t18-/m1/s1. The Kier molecular flexibility index (Phi) is 4.35. The minimum atomic E-state index is -1.50. The van der Waals surface area contributed by atoms with E-state index in [4.69, 9.17) is 0 Å². The summed E-state index contributed by atoms with van der Waals surface area (Å²) in [5.41, 5.74) is -0.0446. The normalized spacial score (nSPS) is 22.2. The number of nitrogens with zero attached hydrogens (tertiary/aromatic N) is 3. The zero-order chi connectivity index (χ0) is 19.1. The van der Waals surface area contributed by atoms with Crippen molar-refractivity contribution in [1.29, 1.82) is 0 Å². The van der Waals surface area contributed by atoms with Gasteiger partial charge < -0.3 is 4.74 Å². The van der Waals surface area contributed by atoms with E-state index in [0.717, 1.165) is 21.9 Å². The van der Waals surface area contributed by atoms with Crippen LogP contribution in [0.15, 0.2) is 29.4 Å². The molecule has 1 fully saturated rings. The average Bonchev–Trinajstić information content (AvgIpc) is 3.13. The van der Waals surface area contributed by atoms with E-state index in [1.165, 1.54) is 14.0 Å². The highest BCUT2D eigenvalue weighted by atomic mass is 16.5. The van der Waals surface area contributed by atoms with Gasteiger partial charge in [0.15, 0.2) is 5.54 Å². The molecular weight excluding hydrogens is 338 g/mol. The molecule has 0 aromatic heterocycles. The van der Waals surface area contributed by atoms with Gasteiger partial charge in [0.2, 0.25) is 11.8 Å². The first-order chi connectivity index (χ1) is 12.3. The summed E-state index contributed by atoms with van der Waals surface area (Å²) in [7, 11) is 1.19. The van der Waals surface area contributed by atoms with Crippen molar-refractivity contribution >= 4 is 35.1 Å². The van der Waals surface area contributed by atoms with Gasteiger partial charge in [0, 0.05) is 13.3 Å². The Hall–Kier alpha value is -3.03. The first-order valence-electron chi connectivity index (χ1n) is 8.27. The molecule has 3 amide bonds. The highest BCUT2D eigenvalue weighted by Crippen LogP contribution is 2.40. The van der Waals surface area contributed by atoms with E-state index in [1.54, 1.807) is 12.1 Å². The summed E-state index contributed by atoms with van der Waals surface area (Å²) < 4.78 is 4.65. The molecule has 1 saturated heterocycles. The molecule has 2 heterocycles. The minimum absolute atomic E-state index is 0.0490. The number of amides is 3. The van der Waals surface area contributed by atoms with Crippen LogP contribution in [-0.4, -0.2) is 47.1 Å². The molecule has 0 saturated carbocycles. The van der Waals surface area contributed by atoms with Crippen LogP contribution in [0, 0.1) is 0 Å². The maximum atomic E-state index is 13.2. The highest BCUT2D eigenvalue weighted by molar-refractivity contribution is 6.39. The molecule has 1 atom stereocenters. The fraction of sp³-hybridized carbons (Fsp3) is 0.389. The molecule has 0 aliphatic carbocycles. The van der Waals surface area contributed by atoms with E-state index >= 15 is 0 Å². The third kappa shape index (κ3) is 2.58. The van der Waals surface area contributed by atoms with Crippen LogP contribution in [0.2, 0.25) is 0 Å². The van der Waals surface area contributed by atoms with Crippen LogP contribution in [0.1, 0.15) is 32.3 Å². The van der Waals surface area contributed by atoms with E-state index in [-0.39, 0.29) is 18.6 Å². The Labute approximate surface area is 150 Å². The van der Waals surface area contributed by atoms with Crippen molar-refractivity contribution in [3.63, 3.8) is 0 Å². The van der Waals surface area contributed by atoms with Gasteiger partial charge >= 0.3 is 5.97 Å². The van der Waals surface area contributed by atoms with Crippen molar-refractivity contribution in [3.05, 3.63) is 29.8 Å². The van der Waals surface area contributed by atoms with Gasteiger partial charge in [0.25, 0.3) is 5.91 Å². The Morgan fingerprint density at radius 3 is 2.38 bits per heavy atom. The van der Waals surface area contributed by atoms with Gasteiger partial charge in [-0.3, -0.25) is 14.4 Å². The molecule has 1 spiro atoms. The number of methoxy groups -OCH3 is 1. The lowest BCUT2D eigenvalue weighted by atomic mass is 9.91. The molecule has 0 radical (unpaired) electrons. The molecule has 8 nitrogen and oxygen atoms in total. The number of hydrogen-bond donors (Lipinski definition) is 0. The predicted octanol–water partition coefficient (Wildman–Crippen LogP) is 1.03. The zero-order valence-corrected chi connectivity index (χ0v) is 14.8. The Morgan fingerprint density at radius 2 is 1.85 bits per heavy atom. The van der Waals surface area contributed by atoms with Crippen LogP contribution >= 0.6 is 0 Å². The molecule has 136 valence electrons. The molecule has 1 aromatic rings. The molecule has 2 aliphatic heterocycles. The van der Waals surface area contributed by atoms with Gasteiger partial charge in [-0.15, -0.1) is 0 Å². The number of anilines is 1. The van der Waals surface area contributed by atoms with Crippen LogP contribution in [-0.2, 0) is 30.3 Å². The van der Waals surface area contributed by atoms with E-state index in [9.17, 15) is 19.2 Å². The number of carbonyl (C=O) groups is 4. The van der Waals surface area contributed by atoms with Crippen LogP contribution in [0.5, 0.6) is 0 Å². The van der Waals surface area contributed by atoms with E-state index < -0.39 is 29.2 Å². The Morgan fingerprint density at radius 1 is 1.19 bits per heavy atom. The molecule has 8 heteroatoms. The summed E-state index contributed by atoms with van der Waals surface area (Å²) in [6.45, 7) is 3.24. The third-order valence-corrected chi connectivity index (χ3v) is 4.70. The van der Waals surface area contributed by atoms with Crippen LogP contribution < -0.4 is 4.90 Å². The number of aryl methyl sites for hydroxylation is 1. The van der Waals surface area contributed by atoms with Crippen molar-refractivity contribution < 1.29 is 23.9 Å². The fourth-order valence-corrected chi connectivity index (χ4v) is 3.38. The molecule has 1 aromatic carbocycles. The molecule has 0 unspecified atom stereocenters. The minimum Gasteiger partial charge on any atom is -0.464 e. The van der Waals surface area contributed by atoms with Gasteiger partial charge in [-0.2, -0.15) is 5.10 Å². The Balaban J connectivity index is 1.98. The third-order valence-electron chi connectivity index (χ3n) is 4.70. The molecule has 26 heavy (non-hydrogen) atoms. The van der Waals surface area contributed by atoms with Gasteiger partial charge in [-0.1, -0.05) is 19.1 Å². The molecule has 0 N–H and O–H groups in total. The SMILES string of the molecule is CCc1ccc(N2C(=O)C[C@]3(CC(C(=O)OC)=NN3C(C)=O)C2=O)cc1. The molecule has 2 aliphatic rings. The van der Waals surface area contributed by atoms with Crippen molar-refractivity contribution in [2.45, 2.75) is 38.6 Å². The van der Waals surface area contributed by atoms with E-state index in [0.29, 0.717) is 5.69 Å². The van der Waals surface area contributed by atoms with Crippen molar-refractivity contribution in [2.24, 2.45) is 5.10 Å². The van der Waals surface area contributed by atoms with Gasteiger partial charge in [0.1, 0.15) is 5.71 Å². The lowest BCUT2D eigenvalue weighted by Crippen LogP contribution is -2.51. The number of carbonyl (C=O) groups excluding carboxylic acids is 4. The maximum absolute atomic E-state index is 13.2. The van der Waals surface area contributed by atoms with Gasteiger partial charge in [0.05, 0.1) is 19.2 Å². The van der Waals surface area contributed by atoms with E-state index in [1.807, 2.05) is 19.1 Å². The first kappa shape index (κ1) is 17.8.